The molecule has 0 aliphatic carbocycles. The predicted molar refractivity (Wildman–Crippen MR) is 83.1 cm³/mol. The van der Waals surface area contributed by atoms with Crippen LogP contribution in [0.5, 0.6) is 0 Å². The van der Waals surface area contributed by atoms with E-state index >= 15 is 0 Å². The minimum atomic E-state index is -3.65. The van der Waals surface area contributed by atoms with Crippen molar-refractivity contribution in [1.29, 1.82) is 0 Å². The molecule has 3 rings (SSSR count). The molecule has 0 atom stereocenters. The first-order valence-electron chi connectivity index (χ1n) is 6.40. The van der Waals surface area contributed by atoms with Crippen LogP contribution in [0.3, 0.4) is 0 Å². The average molecular weight is 322 g/mol. The normalized spacial score (nSPS) is 11.9. The number of hydrogen-bond donors (Lipinski definition) is 1. The fourth-order valence-electron chi connectivity index (χ4n) is 1.91. The van der Waals surface area contributed by atoms with E-state index in [4.69, 9.17) is 0 Å². The smallest absolute Gasteiger partial charge is 0.266 e. The summed E-state index contributed by atoms with van der Waals surface area (Å²) in [6, 6.07) is 5.82. The van der Waals surface area contributed by atoms with Crippen molar-refractivity contribution in [3.05, 3.63) is 36.2 Å². The SMILES string of the molecule is CCn1cc(S(=O)(=O)Nc2nc3ccc(C)cc3s2)cn1. The summed E-state index contributed by atoms with van der Waals surface area (Å²) in [5, 5.41) is 4.34. The lowest BCUT2D eigenvalue weighted by Gasteiger charge is -2.01. The number of benzene rings is 1. The quantitative estimate of drug-likeness (QED) is 0.801. The summed E-state index contributed by atoms with van der Waals surface area (Å²) in [6.07, 6.45) is 2.84. The fourth-order valence-corrected chi connectivity index (χ4v) is 4.06. The van der Waals surface area contributed by atoms with Gasteiger partial charge in [-0.25, -0.2) is 13.4 Å². The molecule has 21 heavy (non-hydrogen) atoms. The summed E-state index contributed by atoms with van der Waals surface area (Å²) in [5.74, 6) is 0. The van der Waals surface area contributed by atoms with Gasteiger partial charge >= 0.3 is 0 Å². The Kier molecular flexibility index (Phi) is 3.42. The molecule has 0 saturated heterocycles. The number of hydrogen-bond acceptors (Lipinski definition) is 5. The first-order valence-corrected chi connectivity index (χ1v) is 8.70. The van der Waals surface area contributed by atoms with E-state index in [-0.39, 0.29) is 4.90 Å². The highest BCUT2D eigenvalue weighted by Crippen LogP contribution is 2.28. The van der Waals surface area contributed by atoms with E-state index in [1.54, 1.807) is 4.68 Å². The van der Waals surface area contributed by atoms with Gasteiger partial charge in [-0.1, -0.05) is 17.4 Å². The number of rotatable bonds is 4. The zero-order valence-corrected chi connectivity index (χ0v) is 13.2. The summed E-state index contributed by atoms with van der Waals surface area (Å²) in [7, 11) is -3.65. The van der Waals surface area contributed by atoms with E-state index in [1.807, 2.05) is 32.0 Å². The van der Waals surface area contributed by atoms with Gasteiger partial charge in [-0.05, 0) is 31.5 Å². The fraction of sp³-hybridized carbons (Fsp3) is 0.231. The maximum atomic E-state index is 12.3. The third-order valence-corrected chi connectivity index (χ3v) is 5.37. The largest absolute Gasteiger partial charge is 0.272 e. The van der Waals surface area contributed by atoms with Crippen molar-refractivity contribution >= 4 is 36.7 Å². The molecule has 0 unspecified atom stereocenters. The number of aromatic nitrogens is 3. The minimum Gasteiger partial charge on any atom is -0.272 e. The monoisotopic (exact) mass is 322 g/mol. The highest BCUT2D eigenvalue weighted by Gasteiger charge is 2.18. The molecule has 2 aromatic heterocycles. The molecule has 0 fully saturated rings. The van der Waals surface area contributed by atoms with Crippen LogP contribution in [0.1, 0.15) is 12.5 Å². The van der Waals surface area contributed by atoms with Crippen LogP contribution < -0.4 is 4.72 Å². The van der Waals surface area contributed by atoms with Gasteiger partial charge in [-0.15, -0.1) is 0 Å². The van der Waals surface area contributed by atoms with Crippen molar-refractivity contribution in [2.24, 2.45) is 0 Å². The number of nitrogens with zero attached hydrogens (tertiary/aromatic N) is 3. The second kappa shape index (κ2) is 5.12. The Morgan fingerprint density at radius 1 is 1.38 bits per heavy atom. The lowest BCUT2D eigenvalue weighted by Crippen LogP contribution is -2.12. The molecule has 0 radical (unpaired) electrons. The van der Waals surface area contributed by atoms with E-state index in [0.29, 0.717) is 11.7 Å². The van der Waals surface area contributed by atoms with Gasteiger partial charge in [0.15, 0.2) is 5.13 Å². The summed E-state index contributed by atoms with van der Waals surface area (Å²) >= 11 is 1.32. The molecule has 0 aliphatic heterocycles. The van der Waals surface area contributed by atoms with Crippen molar-refractivity contribution in [3.63, 3.8) is 0 Å². The average Bonchev–Trinajstić information content (AvgIpc) is 3.03. The van der Waals surface area contributed by atoms with Crippen LogP contribution in [-0.4, -0.2) is 23.2 Å². The van der Waals surface area contributed by atoms with E-state index < -0.39 is 10.0 Å². The molecule has 0 spiro atoms. The van der Waals surface area contributed by atoms with Gasteiger partial charge in [0, 0.05) is 12.7 Å². The van der Waals surface area contributed by atoms with E-state index in [2.05, 4.69) is 14.8 Å². The van der Waals surface area contributed by atoms with Gasteiger partial charge in [0.05, 0.1) is 16.4 Å². The Labute approximate surface area is 126 Å². The molecule has 3 aromatic rings. The Hall–Kier alpha value is -1.93. The van der Waals surface area contributed by atoms with Crippen LogP contribution in [0.2, 0.25) is 0 Å². The maximum Gasteiger partial charge on any atom is 0.266 e. The first-order chi connectivity index (χ1) is 9.98. The Balaban J connectivity index is 1.93. The first kappa shape index (κ1) is 14.0. The van der Waals surface area contributed by atoms with Gasteiger partial charge in [-0.3, -0.25) is 9.40 Å². The van der Waals surface area contributed by atoms with Crippen LogP contribution in [0.4, 0.5) is 5.13 Å². The van der Waals surface area contributed by atoms with Crippen LogP contribution >= 0.6 is 11.3 Å². The summed E-state index contributed by atoms with van der Waals surface area (Å²) < 4.78 is 29.6. The minimum absolute atomic E-state index is 0.139. The molecule has 0 amide bonds. The third-order valence-electron chi connectivity index (χ3n) is 3.01. The van der Waals surface area contributed by atoms with Crippen LogP contribution in [-0.2, 0) is 16.6 Å². The second-order valence-electron chi connectivity index (χ2n) is 4.63. The van der Waals surface area contributed by atoms with Gasteiger partial charge in [0.25, 0.3) is 10.0 Å². The Bertz CT molecular complexity index is 896. The molecule has 0 bridgehead atoms. The summed E-state index contributed by atoms with van der Waals surface area (Å²) in [6.45, 7) is 4.50. The van der Waals surface area contributed by atoms with Crippen molar-refractivity contribution in [2.75, 3.05) is 4.72 Å². The predicted octanol–water partition coefficient (Wildman–Crippen LogP) is 2.62. The molecule has 1 aromatic carbocycles. The third kappa shape index (κ3) is 2.77. The number of aryl methyl sites for hydroxylation is 2. The molecule has 2 heterocycles. The zero-order valence-electron chi connectivity index (χ0n) is 11.6. The summed E-state index contributed by atoms with van der Waals surface area (Å²) in [5.41, 5.74) is 1.90. The molecule has 6 nitrogen and oxygen atoms in total. The molecular weight excluding hydrogens is 308 g/mol. The van der Waals surface area contributed by atoms with Crippen molar-refractivity contribution in [2.45, 2.75) is 25.3 Å². The number of sulfonamides is 1. The molecule has 110 valence electrons. The van der Waals surface area contributed by atoms with Gasteiger partial charge < -0.3 is 0 Å². The van der Waals surface area contributed by atoms with Crippen molar-refractivity contribution < 1.29 is 8.42 Å². The highest BCUT2D eigenvalue weighted by atomic mass is 32.2. The molecule has 0 aliphatic rings. The lowest BCUT2D eigenvalue weighted by molar-refractivity contribution is 0.600. The standard InChI is InChI=1S/C13H14N4O2S2/c1-3-17-8-10(7-14-17)21(18,19)16-13-15-11-5-4-9(2)6-12(11)20-13/h4-8H,3H2,1-2H3,(H,15,16). The molecule has 8 heteroatoms. The number of anilines is 1. The van der Waals surface area contributed by atoms with E-state index in [1.165, 1.54) is 23.7 Å². The number of thiazole rings is 1. The maximum absolute atomic E-state index is 12.3. The van der Waals surface area contributed by atoms with Gasteiger partial charge in [0.1, 0.15) is 4.90 Å². The number of fused-ring (bicyclic) bond motifs is 1. The van der Waals surface area contributed by atoms with Crippen LogP contribution in [0.25, 0.3) is 10.2 Å². The van der Waals surface area contributed by atoms with E-state index in [0.717, 1.165) is 15.8 Å². The lowest BCUT2D eigenvalue weighted by atomic mass is 10.2. The van der Waals surface area contributed by atoms with E-state index in [9.17, 15) is 8.42 Å². The molecule has 1 N–H and O–H groups in total. The molecule has 0 saturated carbocycles. The van der Waals surface area contributed by atoms with Gasteiger partial charge in [0.2, 0.25) is 0 Å². The Morgan fingerprint density at radius 2 is 2.19 bits per heavy atom. The highest BCUT2D eigenvalue weighted by molar-refractivity contribution is 7.93. The second-order valence-corrected chi connectivity index (χ2v) is 7.34. The van der Waals surface area contributed by atoms with Crippen LogP contribution in [0.15, 0.2) is 35.5 Å². The van der Waals surface area contributed by atoms with Crippen molar-refractivity contribution in [3.8, 4) is 0 Å². The van der Waals surface area contributed by atoms with Gasteiger partial charge in [-0.2, -0.15) is 5.10 Å². The molecular formula is C13H14N4O2S2. The number of nitrogens with one attached hydrogen (secondary N) is 1. The van der Waals surface area contributed by atoms with Crippen molar-refractivity contribution in [1.82, 2.24) is 14.8 Å². The summed E-state index contributed by atoms with van der Waals surface area (Å²) in [4.78, 5) is 4.43. The topological polar surface area (TPSA) is 76.9 Å². The Morgan fingerprint density at radius 3 is 2.90 bits per heavy atom. The van der Waals surface area contributed by atoms with Crippen LogP contribution in [0, 0.1) is 6.92 Å². The zero-order chi connectivity index (χ0) is 15.0.